The predicted octanol–water partition coefficient (Wildman–Crippen LogP) is 21.2. The van der Waals surface area contributed by atoms with Gasteiger partial charge in [0, 0.05) is 32.9 Å². The molecule has 0 N–H and O–H groups in total. The summed E-state index contributed by atoms with van der Waals surface area (Å²) in [6.45, 7) is 0. The molecule has 2 nitrogen and oxygen atoms in total. The Morgan fingerprint density at radius 3 is 0.637 bits per heavy atom. The van der Waals surface area contributed by atoms with Crippen LogP contribution >= 0.6 is 0 Å². The van der Waals surface area contributed by atoms with Gasteiger partial charge in [-0.1, -0.05) is 218 Å². The Kier molecular flexibility index (Phi) is 11.6. The average molecular weight is 1020 g/mol. The zero-order valence-corrected chi connectivity index (χ0v) is 43.9. The highest BCUT2D eigenvalue weighted by Crippen LogP contribution is 2.43. The first-order chi connectivity index (χ1) is 39.6. The van der Waals surface area contributed by atoms with Crippen molar-refractivity contribution in [1.29, 1.82) is 0 Å². The molecule has 0 saturated carbocycles. The van der Waals surface area contributed by atoms with E-state index < -0.39 is 0 Å². The van der Waals surface area contributed by atoms with Gasteiger partial charge >= 0.3 is 0 Å². The molecule has 0 fully saturated rings. The molecule has 0 aliphatic carbocycles. The Morgan fingerprint density at radius 1 is 0.138 bits per heavy atom. The number of aromatic nitrogens is 2. The molecule has 0 aliphatic rings. The quantitative estimate of drug-likeness (QED) is 0.129. The Morgan fingerprint density at radius 2 is 0.350 bits per heavy atom. The lowest BCUT2D eigenvalue weighted by Crippen LogP contribution is -1.96. The van der Waals surface area contributed by atoms with Crippen LogP contribution in [0.4, 0.5) is 0 Å². The fraction of sp³-hybridized carbons (Fsp3) is 0. The molecule has 0 spiro atoms. The number of hydrogen-bond donors (Lipinski definition) is 0. The van der Waals surface area contributed by atoms with Crippen LogP contribution in [0.25, 0.3) is 144 Å². The van der Waals surface area contributed by atoms with Gasteiger partial charge in [-0.25, -0.2) is 0 Å². The summed E-state index contributed by atoms with van der Waals surface area (Å²) < 4.78 is 4.91. The fourth-order valence-corrected chi connectivity index (χ4v) is 12.1. The highest BCUT2D eigenvalue weighted by molar-refractivity contribution is 6.14. The minimum absolute atomic E-state index is 1.12. The maximum atomic E-state index is 2.47. The van der Waals surface area contributed by atoms with E-state index in [0.717, 1.165) is 22.4 Å². The van der Waals surface area contributed by atoms with Gasteiger partial charge < -0.3 is 9.13 Å². The molecule has 2 aromatic heterocycles. The summed E-state index contributed by atoms with van der Waals surface area (Å²) in [5.74, 6) is 0. The van der Waals surface area contributed by atoms with Crippen LogP contribution < -0.4 is 0 Å². The van der Waals surface area contributed by atoms with Crippen LogP contribution in [0.15, 0.2) is 315 Å². The van der Waals surface area contributed by atoms with E-state index >= 15 is 0 Å². The van der Waals surface area contributed by atoms with Gasteiger partial charge in [0.1, 0.15) is 0 Å². The topological polar surface area (TPSA) is 9.86 Å². The van der Waals surface area contributed by atoms with Gasteiger partial charge in [-0.2, -0.15) is 0 Å². The summed E-state index contributed by atoms with van der Waals surface area (Å²) in [5, 5.41) is 4.85. The Bertz CT molecular complexity index is 4630. The van der Waals surface area contributed by atoms with Crippen LogP contribution in [0, 0.1) is 0 Å². The van der Waals surface area contributed by atoms with Crippen molar-refractivity contribution in [2.45, 2.75) is 0 Å². The van der Waals surface area contributed by atoms with Crippen LogP contribution in [0.5, 0.6) is 0 Å². The molecule has 80 heavy (non-hydrogen) atoms. The molecule has 0 unspecified atom stereocenters. The minimum atomic E-state index is 1.12. The third kappa shape index (κ3) is 8.48. The van der Waals surface area contributed by atoms with E-state index in [2.05, 4.69) is 325 Å². The molecule has 15 aromatic rings. The van der Waals surface area contributed by atoms with E-state index in [9.17, 15) is 0 Å². The fourth-order valence-electron chi connectivity index (χ4n) is 12.1. The lowest BCUT2D eigenvalue weighted by atomic mass is 9.93. The van der Waals surface area contributed by atoms with Crippen molar-refractivity contribution in [3.05, 3.63) is 315 Å². The Hall–Kier alpha value is -10.5. The molecule has 0 bridgehead atoms. The van der Waals surface area contributed by atoms with Crippen molar-refractivity contribution in [2.75, 3.05) is 0 Å². The van der Waals surface area contributed by atoms with Gasteiger partial charge in [0.25, 0.3) is 0 Å². The van der Waals surface area contributed by atoms with Crippen molar-refractivity contribution < 1.29 is 0 Å². The first kappa shape index (κ1) is 46.7. The summed E-state index contributed by atoms with van der Waals surface area (Å²) in [6.07, 6.45) is 0. The van der Waals surface area contributed by atoms with Crippen LogP contribution in [0.2, 0.25) is 0 Å². The molecule has 0 radical (unpaired) electrons. The third-order valence-electron chi connectivity index (χ3n) is 16.1. The van der Waals surface area contributed by atoms with E-state index in [1.807, 2.05) is 0 Å². The summed E-state index contributed by atoms with van der Waals surface area (Å²) >= 11 is 0. The van der Waals surface area contributed by atoms with Crippen LogP contribution in [0.1, 0.15) is 0 Å². The normalized spacial score (nSPS) is 11.5. The lowest BCUT2D eigenvalue weighted by Gasteiger charge is -2.14. The first-order valence-corrected chi connectivity index (χ1v) is 27.5. The van der Waals surface area contributed by atoms with E-state index in [0.29, 0.717) is 0 Å². The standard InChI is InChI=1S/C78H52N2/c1-7-19-53(20-8-1)60-33-39-75-71(49-60)73-51-62(35-41-76(73)79(75)69-37-31-59(32-38-69)66-44-64(55-23-11-3-12-24-55)43-65(45-66)56-25-13-4-14-26-56)63-36-42-78-74(52-63)72-50-61(54-21-9-2-10-22-54)34-40-77(72)80(78)70-47-67(57-27-15-5-16-28-57)46-68(48-70)58-29-17-6-18-30-58/h1-52H. The molecular weight excluding hydrogens is 965 g/mol. The van der Waals surface area contributed by atoms with E-state index in [1.165, 1.54) is 122 Å². The molecule has 0 atom stereocenters. The first-order valence-electron chi connectivity index (χ1n) is 27.5. The van der Waals surface area contributed by atoms with E-state index in [1.54, 1.807) is 0 Å². The number of fused-ring (bicyclic) bond motifs is 6. The lowest BCUT2D eigenvalue weighted by molar-refractivity contribution is 1.18. The van der Waals surface area contributed by atoms with Crippen molar-refractivity contribution in [3.8, 4) is 100 Å². The molecule has 15 rings (SSSR count). The zero-order valence-electron chi connectivity index (χ0n) is 43.9. The number of nitrogens with zero attached hydrogens (tertiary/aromatic N) is 2. The largest absolute Gasteiger partial charge is 0.309 e. The van der Waals surface area contributed by atoms with Crippen molar-refractivity contribution in [3.63, 3.8) is 0 Å². The predicted molar refractivity (Wildman–Crippen MR) is 339 cm³/mol. The van der Waals surface area contributed by atoms with Crippen LogP contribution in [-0.4, -0.2) is 9.13 Å². The smallest absolute Gasteiger partial charge is 0.0541 e. The van der Waals surface area contributed by atoms with Crippen molar-refractivity contribution in [1.82, 2.24) is 9.13 Å². The van der Waals surface area contributed by atoms with E-state index in [-0.39, 0.29) is 0 Å². The SMILES string of the molecule is c1ccc(-c2cc(-c3ccccc3)cc(-c3ccc(-n4c5ccc(-c6ccccc6)cc5c5cc(-c6ccc7c(c6)c6cc(-c8ccccc8)ccc6n7-c6cc(-c7ccccc7)cc(-c7ccccc7)c6)ccc54)cc3)c2)cc1. The van der Waals surface area contributed by atoms with Gasteiger partial charge in [-0.3, -0.25) is 0 Å². The van der Waals surface area contributed by atoms with Gasteiger partial charge in [0.15, 0.2) is 0 Å². The number of hydrogen-bond acceptors (Lipinski definition) is 0. The third-order valence-corrected chi connectivity index (χ3v) is 16.1. The van der Waals surface area contributed by atoms with Gasteiger partial charge in [0.2, 0.25) is 0 Å². The van der Waals surface area contributed by atoms with Crippen LogP contribution in [0.3, 0.4) is 0 Å². The molecule has 13 aromatic carbocycles. The highest BCUT2D eigenvalue weighted by atomic mass is 15.0. The average Bonchev–Trinajstić information content (AvgIpc) is 4.18. The maximum absolute atomic E-state index is 2.47. The number of benzene rings is 13. The van der Waals surface area contributed by atoms with Crippen LogP contribution in [-0.2, 0) is 0 Å². The second kappa shape index (κ2) is 19.8. The molecule has 0 saturated heterocycles. The monoisotopic (exact) mass is 1020 g/mol. The molecule has 0 aliphatic heterocycles. The van der Waals surface area contributed by atoms with Gasteiger partial charge in [-0.05, 0) is 186 Å². The molecular formula is C78H52N2. The second-order valence-electron chi connectivity index (χ2n) is 20.9. The summed E-state index contributed by atoms with van der Waals surface area (Å²) in [5.41, 5.74) is 25.9. The number of rotatable bonds is 10. The van der Waals surface area contributed by atoms with Crippen molar-refractivity contribution >= 4 is 43.6 Å². The summed E-state index contributed by atoms with van der Waals surface area (Å²) in [6, 6.07) is 116. The molecule has 2 heteroatoms. The maximum Gasteiger partial charge on any atom is 0.0541 e. The molecule has 0 amide bonds. The second-order valence-corrected chi connectivity index (χ2v) is 20.9. The zero-order chi connectivity index (χ0) is 52.9. The molecule has 2 heterocycles. The van der Waals surface area contributed by atoms with E-state index in [4.69, 9.17) is 0 Å². The summed E-state index contributed by atoms with van der Waals surface area (Å²) in [4.78, 5) is 0. The van der Waals surface area contributed by atoms with Crippen molar-refractivity contribution in [2.24, 2.45) is 0 Å². The Balaban J connectivity index is 0.890. The molecule has 374 valence electrons. The van der Waals surface area contributed by atoms with Gasteiger partial charge in [-0.15, -0.1) is 0 Å². The minimum Gasteiger partial charge on any atom is -0.309 e. The Labute approximate surface area is 466 Å². The highest BCUT2D eigenvalue weighted by Gasteiger charge is 2.20. The van der Waals surface area contributed by atoms with Gasteiger partial charge in [0.05, 0.1) is 22.1 Å². The summed E-state index contributed by atoms with van der Waals surface area (Å²) in [7, 11) is 0.